The number of benzene rings is 1. The molecule has 2 aromatic heterocycles. The highest BCUT2D eigenvalue weighted by molar-refractivity contribution is 6.35. The number of ether oxygens (including phenoxy) is 2. The maximum atomic E-state index is 12.0. The molecule has 0 bridgehead atoms. The molecule has 0 saturated heterocycles. The summed E-state index contributed by atoms with van der Waals surface area (Å²) in [5.74, 6) is -0.729. The van der Waals surface area contributed by atoms with Crippen molar-refractivity contribution in [2.75, 3.05) is 18.5 Å². The molecule has 12 heteroatoms. The minimum Gasteiger partial charge on any atom is -0.461 e. The van der Waals surface area contributed by atoms with Gasteiger partial charge in [-0.25, -0.2) is 9.59 Å². The van der Waals surface area contributed by atoms with Crippen LogP contribution < -0.4 is 5.32 Å². The number of carbonyl (C=O) groups excluding carboxylic acids is 2. The van der Waals surface area contributed by atoms with Gasteiger partial charge in [0.1, 0.15) is 0 Å². The SMILES string of the molecule is CCOC(=O)c1nnc(Cl)cc1Cl.CCOC(=O)c1nnc(Cl)cc1Nc1ccc(C)c(C(C)C)c1. The molecule has 0 radical (unpaired) electrons. The summed E-state index contributed by atoms with van der Waals surface area (Å²) >= 11 is 17.1. The average Bonchev–Trinajstić information content (AvgIpc) is 2.81. The molecule has 9 nitrogen and oxygen atoms in total. The number of hydrogen-bond acceptors (Lipinski definition) is 9. The Morgan fingerprint density at radius 3 is 1.97 bits per heavy atom. The molecule has 1 N–H and O–H groups in total. The van der Waals surface area contributed by atoms with Crippen LogP contribution >= 0.6 is 34.8 Å². The van der Waals surface area contributed by atoms with Crippen LogP contribution in [0.4, 0.5) is 11.4 Å². The van der Waals surface area contributed by atoms with E-state index >= 15 is 0 Å². The van der Waals surface area contributed by atoms with E-state index in [0.29, 0.717) is 11.6 Å². The van der Waals surface area contributed by atoms with Crippen LogP contribution in [0.15, 0.2) is 30.3 Å². The summed E-state index contributed by atoms with van der Waals surface area (Å²) in [6.45, 7) is 10.3. The highest BCUT2D eigenvalue weighted by Gasteiger charge is 2.17. The van der Waals surface area contributed by atoms with E-state index in [1.165, 1.54) is 17.2 Å². The molecule has 0 unspecified atom stereocenters. The molecule has 0 aliphatic rings. The fourth-order valence-electron chi connectivity index (χ4n) is 2.99. The first-order valence-electron chi connectivity index (χ1n) is 11.0. The Bertz CT molecular complexity index is 1220. The van der Waals surface area contributed by atoms with Crippen molar-refractivity contribution in [1.29, 1.82) is 0 Å². The number of anilines is 2. The largest absolute Gasteiger partial charge is 0.461 e. The predicted octanol–water partition coefficient (Wildman–Crippen LogP) is 6.44. The maximum absolute atomic E-state index is 12.0. The number of rotatable bonds is 7. The average molecular weight is 555 g/mol. The summed E-state index contributed by atoms with van der Waals surface area (Å²) in [6.07, 6.45) is 0. The van der Waals surface area contributed by atoms with Gasteiger partial charge in [-0.15, -0.1) is 20.4 Å². The molecule has 0 saturated carbocycles. The monoisotopic (exact) mass is 553 g/mol. The van der Waals surface area contributed by atoms with E-state index < -0.39 is 11.9 Å². The van der Waals surface area contributed by atoms with Gasteiger partial charge in [0.2, 0.25) is 0 Å². The third-order valence-corrected chi connectivity index (χ3v) is 5.26. The lowest BCUT2D eigenvalue weighted by molar-refractivity contribution is 0.0509. The molecule has 0 fully saturated rings. The molecular weight excluding hydrogens is 529 g/mol. The van der Waals surface area contributed by atoms with Crippen LogP contribution in [0.3, 0.4) is 0 Å². The van der Waals surface area contributed by atoms with Gasteiger partial charge < -0.3 is 14.8 Å². The van der Waals surface area contributed by atoms with Crippen molar-refractivity contribution < 1.29 is 19.1 Å². The molecule has 0 spiro atoms. The van der Waals surface area contributed by atoms with E-state index in [1.807, 2.05) is 12.1 Å². The zero-order valence-corrected chi connectivity index (χ0v) is 22.7. The van der Waals surface area contributed by atoms with E-state index in [1.54, 1.807) is 19.9 Å². The standard InChI is InChI=1S/C17H20ClN3O2.C7H6Cl2N2O2/c1-5-23-17(22)16-14(9-15(18)20-21-16)19-12-7-6-11(4)13(8-12)10(2)3;1-2-13-7(12)6-4(8)3-5(9)10-11-6/h6-10H,5H2,1-4H3,(H,19,20);3H,2H2,1H3. The third kappa shape index (κ3) is 8.29. The third-order valence-electron chi connectivity index (χ3n) is 4.60. The van der Waals surface area contributed by atoms with E-state index in [4.69, 9.17) is 39.5 Å². The van der Waals surface area contributed by atoms with Crippen molar-refractivity contribution >= 4 is 58.1 Å². The van der Waals surface area contributed by atoms with E-state index in [2.05, 4.69) is 57.3 Å². The molecule has 1 aromatic carbocycles. The van der Waals surface area contributed by atoms with Gasteiger partial charge in [-0.1, -0.05) is 54.7 Å². The van der Waals surface area contributed by atoms with E-state index in [9.17, 15) is 9.59 Å². The second kappa shape index (κ2) is 13.9. The molecule has 0 aliphatic carbocycles. The molecule has 3 rings (SSSR count). The first-order chi connectivity index (χ1) is 17.1. The summed E-state index contributed by atoms with van der Waals surface area (Å²) in [7, 11) is 0. The van der Waals surface area contributed by atoms with Crippen LogP contribution in [-0.2, 0) is 9.47 Å². The van der Waals surface area contributed by atoms with Gasteiger partial charge in [0.25, 0.3) is 0 Å². The highest BCUT2D eigenvalue weighted by Crippen LogP contribution is 2.27. The first-order valence-corrected chi connectivity index (χ1v) is 12.1. The second-order valence-electron chi connectivity index (χ2n) is 7.58. The van der Waals surface area contributed by atoms with Crippen LogP contribution in [-0.4, -0.2) is 45.5 Å². The van der Waals surface area contributed by atoms with Gasteiger partial charge in [0.15, 0.2) is 21.7 Å². The number of carbonyl (C=O) groups is 2. The summed E-state index contributed by atoms with van der Waals surface area (Å²) < 4.78 is 9.68. The number of halogens is 3. The number of aryl methyl sites for hydroxylation is 1. The Kier molecular flexibility index (Phi) is 11.3. The van der Waals surface area contributed by atoms with Crippen molar-refractivity contribution in [1.82, 2.24) is 20.4 Å². The fourth-order valence-corrected chi connectivity index (χ4v) is 3.56. The summed E-state index contributed by atoms with van der Waals surface area (Å²) in [6, 6.07) is 8.95. The number of aromatic nitrogens is 4. The number of hydrogen-bond donors (Lipinski definition) is 1. The number of nitrogens with zero attached hydrogens (tertiary/aromatic N) is 4. The van der Waals surface area contributed by atoms with E-state index in [0.717, 1.165) is 5.69 Å². The topological polar surface area (TPSA) is 116 Å². The summed E-state index contributed by atoms with van der Waals surface area (Å²) in [4.78, 5) is 23.1. The molecule has 2 heterocycles. The highest BCUT2D eigenvalue weighted by atomic mass is 35.5. The normalized spacial score (nSPS) is 10.4. The van der Waals surface area contributed by atoms with Crippen LogP contribution in [0.1, 0.15) is 65.7 Å². The number of nitrogens with one attached hydrogen (secondary N) is 1. The minimum absolute atomic E-state index is 0.0204. The zero-order chi connectivity index (χ0) is 26.8. The van der Waals surface area contributed by atoms with Gasteiger partial charge >= 0.3 is 11.9 Å². The van der Waals surface area contributed by atoms with Crippen LogP contribution in [0.5, 0.6) is 0 Å². The van der Waals surface area contributed by atoms with Gasteiger partial charge in [-0.2, -0.15) is 0 Å². The minimum atomic E-state index is -0.600. The molecule has 192 valence electrons. The Labute approximate surface area is 224 Å². The maximum Gasteiger partial charge on any atom is 0.361 e. The number of esters is 2. The summed E-state index contributed by atoms with van der Waals surface area (Å²) in [5, 5.41) is 18.2. The molecule has 0 aliphatic heterocycles. The smallest absolute Gasteiger partial charge is 0.361 e. The lowest BCUT2D eigenvalue weighted by atomic mass is 9.97. The van der Waals surface area contributed by atoms with E-state index in [-0.39, 0.29) is 39.9 Å². The van der Waals surface area contributed by atoms with Crippen LogP contribution in [0.2, 0.25) is 15.3 Å². The Morgan fingerprint density at radius 2 is 1.42 bits per heavy atom. The fraction of sp³-hybridized carbons (Fsp3) is 0.333. The lowest BCUT2D eigenvalue weighted by Gasteiger charge is -2.14. The second-order valence-corrected chi connectivity index (χ2v) is 8.77. The van der Waals surface area contributed by atoms with Crippen molar-refractivity contribution in [3.05, 3.63) is 68.2 Å². The Balaban J connectivity index is 0.000000297. The van der Waals surface area contributed by atoms with Gasteiger partial charge in [0, 0.05) is 11.8 Å². The molecule has 36 heavy (non-hydrogen) atoms. The van der Waals surface area contributed by atoms with Crippen molar-refractivity contribution in [2.45, 2.75) is 40.5 Å². The first kappa shape index (κ1) is 29.2. The Hall–Kier alpha value is -3.01. The van der Waals surface area contributed by atoms with Crippen LogP contribution in [0.25, 0.3) is 0 Å². The van der Waals surface area contributed by atoms with Crippen molar-refractivity contribution in [3.8, 4) is 0 Å². The molecule has 0 amide bonds. The molecule has 0 atom stereocenters. The lowest BCUT2D eigenvalue weighted by Crippen LogP contribution is -2.11. The zero-order valence-electron chi connectivity index (χ0n) is 20.4. The van der Waals surface area contributed by atoms with Crippen LogP contribution in [0, 0.1) is 6.92 Å². The molecule has 3 aromatic rings. The van der Waals surface area contributed by atoms with Gasteiger partial charge in [0.05, 0.1) is 23.9 Å². The predicted molar refractivity (Wildman–Crippen MR) is 140 cm³/mol. The van der Waals surface area contributed by atoms with Gasteiger partial charge in [-0.3, -0.25) is 0 Å². The van der Waals surface area contributed by atoms with Crippen molar-refractivity contribution in [3.63, 3.8) is 0 Å². The van der Waals surface area contributed by atoms with Crippen molar-refractivity contribution in [2.24, 2.45) is 0 Å². The Morgan fingerprint density at radius 1 is 0.861 bits per heavy atom. The quantitative estimate of drug-likeness (QED) is 0.329. The van der Waals surface area contributed by atoms with Gasteiger partial charge in [-0.05, 0) is 56.0 Å². The summed E-state index contributed by atoms with van der Waals surface area (Å²) in [5.41, 5.74) is 3.88. The molecular formula is C24H26Cl3N5O4.